The molecule has 0 aliphatic rings. The van der Waals surface area contributed by atoms with Crippen LogP contribution in [0.15, 0.2) is 60.7 Å². The predicted octanol–water partition coefficient (Wildman–Crippen LogP) is 3.23. The average molecular weight is 393 g/mol. The monoisotopic (exact) mass is 393 g/mol. The topological polar surface area (TPSA) is 87.3 Å². The Kier molecular flexibility index (Phi) is 6.19. The first kappa shape index (κ1) is 20.0. The van der Waals surface area contributed by atoms with Gasteiger partial charge in [0.2, 0.25) is 5.91 Å². The Morgan fingerprint density at radius 1 is 0.897 bits per heavy atom. The highest BCUT2D eigenvalue weighted by Crippen LogP contribution is 2.20. The highest BCUT2D eigenvalue weighted by molar-refractivity contribution is 6.39. The van der Waals surface area contributed by atoms with Crippen molar-refractivity contribution in [1.82, 2.24) is 5.32 Å². The van der Waals surface area contributed by atoms with E-state index in [2.05, 4.69) is 16.0 Å². The number of fused-ring (bicyclic) bond motifs is 1. The third-order valence-corrected chi connectivity index (χ3v) is 4.30. The second-order valence-corrected chi connectivity index (χ2v) is 6.47. The first-order valence-corrected chi connectivity index (χ1v) is 9.07. The maximum absolute atomic E-state index is 13.9. The minimum Gasteiger partial charge on any atom is -0.347 e. The molecule has 3 rings (SSSR count). The lowest BCUT2D eigenvalue weighted by atomic mass is 10.0. The van der Waals surface area contributed by atoms with Crippen molar-refractivity contribution in [3.63, 3.8) is 0 Å². The number of rotatable bonds is 5. The zero-order chi connectivity index (χ0) is 20.8. The van der Waals surface area contributed by atoms with E-state index in [-0.39, 0.29) is 18.1 Å². The number of halogens is 1. The highest BCUT2D eigenvalue weighted by atomic mass is 19.1. The first-order valence-electron chi connectivity index (χ1n) is 9.07. The summed E-state index contributed by atoms with van der Waals surface area (Å²) in [6.07, 6.45) is 0.548. The van der Waals surface area contributed by atoms with Gasteiger partial charge in [0.1, 0.15) is 5.82 Å². The summed E-state index contributed by atoms with van der Waals surface area (Å²) < 4.78 is 13.9. The van der Waals surface area contributed by atoms with Crippen molar-refractivity contribution in [3.05, 3.63) is 72.0 Å². The Morgan fingerprint density at radius 2 is 1.66 bits per heavy atom. The molecule has 0 aliphatic heterocycles. The molecule has 3 aromatic rings. The molecule has 0 radical (unpaired) electrons. The summed E-state index contributed by atoms with van der Waals surface area (Å²) in [4.78, 5) is 35.2. The minimum atomic E-state index is -0.984. The van der Waals surface area contributed by atoms with Gasteiger partial charge in [-0.25, -0.2) is 4.39 Å². The Balaban J connectivity index is 1.58. The number of anilines is 2. The Hall–Kier alpha value is -3.74. The second kappa shape index (κ2) is 8.97. The maximum Gasteiger partial charge on any atom is 0.313 e. The molecule has 3 aromatic carbocycles. The third-order valence-electron chi connectivity index (χ3n) is 4.30. The van der Waals surface area contributed by atoms with E-state index in [0.717, 1.165) is 22.4 Å². The summed E-state index contributed by atoms with van der Waals surface area (Å²) >= 11 is 0. The number of benzene rings is 3. The molecule has 148 valence electrons. The summed E-state index contributed by atoms with van der Waals surface area (Å²) in [5.41, 5.74) is 1.17. The molecule has 0 bridgehead atoms. The molecule has 0 spiro atoms. The van der Waals surface area contributed by atoms with E-state index in [4.69, 9.17) is 0 Å². The molecule has 29 heavy (non-hydrogen) atoms. The number of hydrogen-bond donors (Lipinski definition) is 3. The van der Waals surface area contributed by atoms with Crippen LogP contribution in [0.1, 0.15) is 12.5 Å². The number of carbonyl (C=O) groups excluding carboxylic acids is 3. The van der Waals surface area contributed by atoms with E-state index < -0.39 is 17.6 Å². The number of nitrogens with one attached hydrogen (secondary N) is 3. The van der Waals surface area contributed by atoms with Crippen LogP contribution in [0.4, 0.5) is 15.8 Å². The summed E-state index contributed by atoms with van der Waals surface area (Å²) in [5, 5.41) is 9.44. The molecule has 3 amide bonds. The van der Waals surface area contributed by atoms with Gasteiger partial charge in [-0.1, -0.05) is 42.5 Å². The Bertz CT molecular complexity index is 1080. The zero-order valence-corrected chi connectivity index (χ0v) is 15.8. The van der Waals surface area contributed by atoms with Crippen molar-refractivity contribution in [2.24, 2.45) is 0 Å². The average Bonchev–Trinajstić information content (AvgIpc) is 2.70. The zero-order valence-electron chi connectivity index (χ0n) is 15.8. The molecular weight excluding hydrogens is 373 g/mol. The SMILES string of the molecule is CC(=O)Nc1ccc(F)c(NC(=O)C(=O)NCCc2cccc3ccccc23)c1. The van der Waals surface area contributed by atoms with Crippen LogP contribution < -0.4 is 16.0 Å². The van der Waals surface area contributed by atoms with Gasteiger partial charge in [-0.05, 0) is 41.0 Å². The predicted molar refractivity (Wildman–Crippen MR) is 110 cm³/mol. The summed E-state index contributed by atoms with van der Waals surface area (Å²) in [7, 11) is 0. The number of hydrogen-bond acceptors (Lipinski definition) is 3. The largest absolute Gasteiger partial charge is 0.347 e. The van der Waals surface area contributed by atoms with Crippen LogP contribution in [0.5, 0.6) is 0 Å². The van der Waals surface area contributed by atoms with Gasteiger partial charge in [0, 0.05) is 19.2 Å². The van der Waals surface area contributed by atoms with Crippen LogP contribution in [-0.4, -0.2) is 24.3 Å². The summed E-state index contributed by atoms with van der Waals surface area (Å²) in [6.45, 7) is 1.57. The van der Waals surface area contributed by atoms with Gasteiger partial charge in [0.05, 0.1) is 5.69 Å². The summed E-state index contributed by atoms with van der Waals surface area (Å²) in [6, 6.07) is 17.5. The maximum atomic E-state index is 13.9. The second-order valence-electron chi connectivity index (χ2n) is 6.47. The van der Waals surface area contributed by atoms with Gasteiger partial charge in [-0.3, -0.25) is 14.4 Å². The normalized spacial score (nSPS) is 10.4. The van der Waals surface area contributed by atoms with E-state index in [1.807, 2.05) is 42.5 Å². The Labute approximate surface area is 167 Å². The van der Waals surface area contributed by atoms with Crippen LogP contribution >= 0.6 is 0 Å². The molecule has 0 aromatic heterocycles. The molecule has 0 atom stereocenters. The van der Waals surface area contributed by atoms with Crippen molar-refractivity contribution >= 4 is 39.9 Å². The Morgan fingerprint density at radius 3 is 2.45 bits per heavy atom. The van der Waals surface area contributed by atoms with Gasteiger partial charge >= 0.3 is 11.8 Å². The van der Waals surface area contributed by atoms with Crippen molar-refractivity contribution in [1.29, 1.82) is 0 Å². The smallest absolute Gasteiger partial charge is 0.313 e. The van der Waals surface area contributed by atoms with Gasteiger partial charge in [-0.2, -0.15) is 0 Å². The van der Waals surface area contributed by atoms with Crippen molar-refractivity contribution < 1.29 is 18.8 Å². The van der Waals surface area contributed by atoms with E-state index in [0.29, 0.717) is 12.1 Å². The van der Waals surface area contributed by atoms with Crippen molar-refractivity contribution in [3.8, 4) is 0 Å². The van der Waals surface area contributed by atoms with Crippen LogP contribution in [0.3, 0.4) is 0 Å². The molecule has 6 nitrogen and oxygen atoms in total. The fourth-order valence-electron chi connectivity index (χ4n) is 2.98. The van der Waals surface area contributed by atoms with Gasteiger partial charge in [0.15, 0.2) is 0 Å². The molecule has 7 heteroatoms. The molecule has 0 unspecified atom stereocenters. The van der Waals surface area contributed by atoms with Gasteiger partial charge < -0.3 is 16.0 Å². The lowest BCUT2D eigenvalue weighted by Crippen LogP contribution is -2.36. The standard InChI is InChI=1S/C22H20FN3O3/c1-14(27)25-17-9-10-19(23)20(13-17)26-22(29)21(28)24-12-11-16-7-4-6-15-5-2-3-8-18(15)16/h2-10,13H,11-12H2,1H3,(H,24,28)(H,25,27)(H,26,29). The van der Waals surface area contributed by atoms with Gasteiger partial charge in [-0.15, -0.1) is 0 Å². The number of carbonyl (C=O) groups is 3. The van der Waals surface area contributed by atoms with Crippen molar-refractivity contribution in [2.45, 2.75) is 13.3 Å². The van der Waals surface area contributed by atoms with E-state index in [1.165, 1.54) is 19.1 Å². The molecule has 0 fully saturated rings. The van der Waals surface area contributed by atoms with Gasteiger partial charge in [0.25, 0.3) is 0 Å². The third kappa shape index (κ3) is 5.16. The van der Waals surface area contributed by atoms with E-state index in [1.54, 1.807) is 0 Å². The fraction of sp³-hybridized carbons (Fsp3) is 0.136. The molecule has 0 saturated heterocycles. The minimum absolute atomic E-state index is 0.189. The summed E-state index contributed by atoms with van der Waals surface area (Å²) in [5.74, 6) is -2.90. The van der Waals surface area contributed by atoms with E-state index in [9.17, 15) is 18.8 Å². The van der Waals surface area contributed by atoms with Crippen LogP contribution in [0.25, 0.3) is 10.8 Å². The number of amides is 3. The van der Waals surface area contributed by atoms with Crippen LogP contribution in [0, 0.1) is 5.82 Å². The molecule has 0 heterocycles. The lowest BCUT2D eigenvalue weighted by molar-refractivity contribution is -0.136. The lowest BCUT2D eigenvalue weighted by Gasteiger charge is -2.10. The fourth-order valence-corrected chi connectivity index (χ4v) is 2.98. The van der Waals surface area contributed by atoms with E-state index >= 15 is 0 Å². The van der Waals surface area contributed by atoms with Crippen molar-refractivity contribution in [2.75, 3.05) is 17.2 Å². The van der Waals surface area contributed by atoms with Crippen LogP contribution in [0.2, 0.25) is 0 Å². The highest BCUT2D eigenvalue weighted by Gasteiger charge is 2.16. The molecule has 3 N–H and O–H groups in total. The first-order chi connectivity index (χ1) is 13.9. The van der Waals surface area contributed by atoms with Crippen LogP contribution in [-0.2, 0) is 20.8 Å². The molecular formula is C22H20FN3O3. The molecule has 0 aliphatic carbocycles. The molecule has 0 saturated carbocycles. The quantitative estimate of drug-likeness (QED) is 0.582.